The van der Waals surface area contributed by atoms with Crippen molar-refractivity contribution in [1.29, 1.82) is 5.41 Å². The van der Waals surface area contributed by atoms with E-state index in [0.717, 1.165) is 6.42 Å². The smallest absolute Gasteiger partial charge is 0.214 e. The number of hydrogen-bond acceptors (Lipinski definition) is 4. The summed E-state index contributed by atoms with van der Waals surface area (Å²) in [4.78, 5) is 2.05. The summed E-state index contributed by atoms with van der Waals surface area (Å²) in [5.41, 5.74) is 5.46. The van der Waals surface area contributed by atoms with Gasteiger partial charge in [0, 0.05) is 26.2 Å². The van der Waals surface area contributed by atoms with Crippen molar-refractivity contribution in [3.63, 3.8) is 0 Å². The molecule has 3 N–H and O–H groups in total. The van der Waals surface area contributed by atoms with Gasteiger partial charge in [-0.15, -0.1) is 0 Å². The van der Waals surface area contributed by atoms with Crippen molar-refractivity contribution >= 4 is 15.9 Å². The predicted octanol–water partition coefficient (Wildman–Crippen LogP) is 0.0584. The largest absolute Gasteiger partial charge is 0.386 e. The number of rotatable bonds is 6. The summed E-state index contributed by atoms with van der Waals surface area (Å²) >= 11 is 0. The van der Waals surface area contributed by atoms with Gasteiger partial charge in [-0.2, -0.15) is 4.31 Å². The van der Waals surface area contributed by atoms with Crippen LogP contribution in [0.5, 0.6) is 0 Å². The topological polar surface area (TPSA) is 90.5 Å². The van der Waals surface area contributed by atoms with Crippen LogP contribution in [0.4, 0.5) is 0 Å². The number of nitrogens with zero attached hydrogens (tertiary/aromatic N) is 2. The van der Waals surface area contributed by atoms with Gasteiger partial charge < -0.3 is 5.73 Å². The average molecular weight is 276 g/mol. The molecular formula is C11H24N4O2S. The van der Waals surface area contributed by atoms with Gasteiger partial charge in [-0.25, -0.2) is 8.42 Å². The fourth-order valence-electron chi connectivity index (χ4n) is 2.02. The zero-order valence-corrected chi connectivity index (χ0v) is 12.0. The molecule has 0 radical (unpaired) electrons. The second-order valence-electron chi connectivity index (χ2n) is 4.74. The third-order valence-electron chi connectivity index (χ3n) is 3.42. The van der Waals surface area contributed by atoms with Gasteiger partial charge in [0.2, 0.25) is 10.0 Å². The minimum atomic E-state index is -3.09. The fourth-order valence-corrected chi connectivity index (χ4v) is 3.65. The average Bonchev–Trinajstić information content (AvgIpc) is 2.35. The molecule has 1 heterocycles. The van der Waals surface area contributed by atoms with Crippen molar-refractivity contribution in [3.05, 3.63) is 0 Å². The highest BCUT2D eigenvalue weighted by molar-refractivity contribution is 7.89. The first kappa shape index (κ1) is 15.4. The third-order valence-corrected chi connectivity index (χ3v) is 5.38. The van der Waals surface area contributed by atoms with Gasteiger partial charge in [0.1, 0.15) is 5.84 Å². The van der Waals surface area contributed by atoms with Crippen molar-refractivity contribution < 1.29 is 8.42 Å². The lowest BCUT2D eigenvalue weighted by molar-refractivity contribution is 0.173. The summed E-state index contributed by atoms with van der Waals surface area (Å²) in [6.45, 7) is 6.16. The first-order valence-electron chi connectivity index (χ1n) is 6.44. The van der Waals surface area contributed by atoms with Crippen LogP contribution in [0.15, 0.2) is 0 Å². The summed E-state index contributed by atoms with van der Waals surface area (Å²) in [5, 5.41) is 7.40. The minimum Gasteiger partial charge on any atom is -0.386 e. The number of hydrogen-bond donors (Lipinski definition) is 2. The highest BCUT2D eigenvalue weighted by Gasteiger charge is 2.28. The molecule has 1 aliphatic heterocycles. The summed E-state index contributed by atoms with van der Waals surface area (Å²) in [7, 11) is -3.09. The van der Waals surface area contributed by atoms with E-state index in [1.54, 1.807) is 4.31 Å². The van der Waals surface area contributed by atoms with Gasteiger partial charge in [-0.05, 0) is 13.3 Å². The van der Waals surface area contributed by atoms with Crippen LogP contribution in [0.25, 0.3) is 0 Å². The molecule has 1 rings (SSSR count). The van der Waals surface area contributed by atoms with Crippen LogP contribution in [0.2, 0.25) is 0 Å². The molecule has 0 saturated carbocycles. The quantitative estimate of drug-likeness (QED) is 0.530. The first-order chi connectivity index (χ1) is 8.38. The Morgan fingerprint density at radius 1 is 1.33 bits per heavy atom. The molecule has 0 aliphatic carbocycles. The second kappa shape index (κ2) is 6.49. The molecule has 7 heteroatoms. The molecule has 1 fully saturated rings. The normalized spacial score (nSPS) is 20.8. The molecule has 1 unspecified atom stereocenters. The van der Waals surface area contributed by atoms with Gasteiger partial charge in [0.15, 0.2) is 0 Å². The van der Waals surface area contributed by atoms with E-state index in [1.807, 2.05) is 18.7 Å². The number of nitrogens with two attached hydrogens (primary N) is 1. The zero-order valence-electron chi connectivity index (χ0n) is 11.2. The van der Waals surface area contributed by atoms with E-state index in [1.165, 1.54) is 0 Å². The third kappa shape index (κ3) is 3.93. The number of unbranched alkanes of at least 4 members (excludes halogenated alkanes) is 1. The standard InChI is InChI=1S/C11H24N4O2S/c1-3-4-9-18(16,17)15-7-5-14(6-8-15)10(2)11(12)13/h10H,3-9H2,1-2H3,(H3,12,13). The maximum Gasteiger partial charge on any atom is 0.214 e. The Labute approximate surface area is 110 Å². The molecule has 1 saturated heterocycles. The lowest BCUT2D eigenvalue weighted by atomic mass is 10.2. The van der Waals surface area contributed by atoms with Gasteiger partial charge in [0.05, 0.1) is 11.8 Å². The van der Waals surface area contributed by atoms with Gasteiger partial charge in [-0.1, -0.05) is 13.3 Å². The number of sulfonamides is 1. The molecule has 1 atom stereocenters. The Morgan fingerprint density at radius 3 is 2.33 bits per heavy atom. The van der Waals surface area contributed by atoms with E-state index in [0.29, 0.717) is 32.6 Å². The SMILES string of the molecule is CCCCS(=O)(=O)N1CCN(C(C)C(=N)N)CC1. The summed E-state index contributed by atoms with van der Waals surface area (Å²) in [6.07, 6.45) is 1.60. The lowest BCUT2D eigenvalue weighted by Gasteiger charge is -2.36. The molecule has 0 bridgehead atoms. The highest BCUT2D eigenvalue weighted by atomic mass is 32.2. The predicted molar refractivity (Wildman–Crippen MR) is 73.2 cm³/mol. The van der Waals surface area contributed by atoms with Gasteiger partial charge >= 0.3 is 0 Å². The van der Waals surface area contributed by atoms with Crippen LogP contribution < -0.4 is 5.73 Å². The van der Waals surface area contributed by atoms with Gasteiger partial charge in [0.25, 0.3) is 0 Å². The first-order valence-corrected chi connectivity index (χ1v) is 8.05. The van der Waals surface area contributed by atoms with Crippen molar-refractivity contribution in [2.45, 2.75) is 32.7 Å². The van der Waals surface area contributed by atoms with E-state index in [9.17, 15) is 8.42 Å². The fraction of sp³-hybridized carbons (Fsp3) is 0.909. The number of amidine groups is 1. The Bertz CT molecular complexity index is 375. The molecule has 1 aliphatic rings. The molecule has 0 aromatic heterocycles. The Kier molecular flexibility index (Phi) is 5.55. The van der Waals surface area contributed by atoms with Crippen LogP contribution in [-0.4, -0.2) is 61.4 Å². The van der Waals surface area contributed by atoms with Crippen LogP contribution in [0, 0.1) is 5.41 Å². The Morgan fingerprint density at radius 2 is 1.89 bits per heavy atom. The van der Waals surface area contributed by atoms with E-state index in [2.05, 4.69) is 0 Å². The van der Waals surface area contributed by atoms with E-state index in [-0.39, 0.29) is 17.6 Å². The second-order valence-corrected chi connectivity index (χ2v) is 6.82. The highest BCUT2D eigenvalue weighted by Crippen LogP contribution is 2.11. The van der Waals surface area contributed by atoms with Crippen LogP contribution in [-0.2, 0) is 10.0 Å². The number of nitrogens with one attached hydrogen (secondary N) is 1. The maximum absolute atomic E-state index is 12.0. The van der Waals surface area contributed by atoms with Crippen LogP contribution in [0.1, 0.15) is 26.7 Å². The van der Waals surface area contributed by atoms with Crippen molar-refractivity contribution in [2.75, 3.05) is 31.9 Å². The molecule has 18 heavy (non-hydrogen) atoms. The Hall–Kier alpha value is -0.660. The molecule has 0 amide bonds. The summed E-state index contributed by atoms with van der Waals surface area (Å²) in [6, 6.07) is -0.106. The molecule has 106 valence electrons. The lowest BCUT2D eigenvalue weighted by Crippen LogP contribution is -2.54. The van der Waals surface area contributed by atoms with Crippen LogP contribution >= 0.6 is 0 Å². The monoisotopic (exact) mass is 276 g/mol. The Balaban J connectivity index is 2.51. The summed E-state index contributed by atoms with van der Waals surface area (Å²) < 4.78 is 25.6. The number of piperazine rings is 1. The summed E-state index contributed by atoms with van der Waals surface area (Å²) in [5.74, 6) is 0.378. The zero-order chi connectivity index (χ0) is 13.8. The molecule has 0 aromatic rings. The van der Waals surface area contributed by atoms with Crippen molar-refractivity contribution in [1.82, 2.24) is 9.21 Å². The maximum atomic E-state index is 12.0. The van der Waals surface area contributed by atoms with E-state index < -0.39 is 10.0 Å². The molecule has 0 aromatic carbocycles. The van der Waals surface area contributed by atoms with E-state index in [4.69, 9.17) is 11.1 Å². The molecule has 6 nitrogen and oxygen atoms in total. The van der Waals surface area contributed by atoms with E-state index >= 15 is 0 Å². The molecular weight excluding hydrogens is 252 g/mol. The molecule has 0 spiro atoms. The van der Waals surface area contributed by atoms with Crippen LogP contribution in [0.3, 0.4) is 0 Å². The van der Waals surface area contributed by atoms with Gasteiger partial charge in [-0.3, -0.25) is 10.3 Å². The van der Waals surface area contributed by atoms with Crippen molar-refractivity contribution in [3.8, 4) is 0 Å². The minimum absolute atomic E-state index is 0.106. The van der Waals surface area contributed by atoms with Crippen molar-refractivity contribution in [2.24, 2.45) is 5.73 Å².